The van der Waals surface area contributed by atoms with Crippen LogP contribution in [0.1, 0.15) is 46.5 Å². The minimum Gasteiger partial charge on any atom is -0.313 e. The summed E-state index contributed by atoms with van der Waals surface area (Å²) >= 11 is 0. The third kappa shape index (κ3) is 3.58. The van der Waals surface area contributed by atoms with Gasteiger partial charge in [-0.2, -0.15) is 0 Å². The molecule has 0 aromatic rings. The molecule has 0 radical (unpaired) electrons. The van der Waals surface area contributed by atoms with Gasteiger partial charge in [-0.25, -0.2) is 0 Å². The Labute approximate surface area is 89.1 Å². The van der Waals surface area contributed by atoms with Crippen molar-refractivity contribution in [1.82, 2.24) is 10.2 Å². The van der Waals surface area contributed by atoms with Crippen LogP contribution in [0.3, 0.4) is 0 Å². The molecule has 0 saturated carbocycles. The van der Waals surface area contributed by atoms with Crippen molar-refractivity contribution in [2.24, 2.45) is 0 Å². The van der Waals surface area contributed by atoms with Crippen molar-refractivity contribution >= 4 is 0 Å². The van der Waals surface area contributed by atoms with Crippen molar-refractivity contribution in [1.29, 1.82) is 0 Å². The van der Waals surface area contributed by atoms with Crippen molar-refractivity contribution in [3.8, 4) is 0 Å². The minimum atomic E-state index is 0.758. The van der Waals surface area contributed by atoms with Crippen LogP contribution in [0, 0.1) is 0 Å². The van der Waals surface area contributed by atoms with E-state index in [1.165, 1.54) is 45.3 Å². The maximum atomic E-state index is 3.62. The van der Waals surface area contributed by atoms with Gasteiger partial charge in [0.15, 0.2) is 0 Å². The molecule has 0 spiro atoms. The summed E-state index contributed by atoms with van der Waals surface area (Å²) in [5.74, 6) is 0. The Morgan fingerprint density at radius 3 is 2.79 bits per heavy atom. The van der Waals surface area contributed by atoms with Crippen LogP contribution in [0.25, 0.3) is 0 Å². The van der Waals surface area contributed by atoms with Gasteiger partial charge in [-0.05, 0) is 32.7 Å². The zero-order valence-corrected chi connectivity index (χ0v) is 10.1. The average molecular weight is 198 g/mol. The monoisotopic (exact) mass is 198 g/mol. The molecular weight excluding hydrogens is 172 g/mol. The van der Waals surface area contributed by atoms with Gasteiger partial charge in [0.05, 0.1) is 0 Å². The van der Waals surface area contributed by atoms with Crippen LogP contribution < -0.4 is 5.32 Å². The van der Waals surface area contributed by atoms with Crippen LogP contribution in [-0.4, -0.2) is 36.6 Å². The second-order valence-corrected chi connectivity index (χ2v) is 4.52. The highest BCUT2D eigenvalue weighted by Crippen LogP contribution is 2.11. The van der Waals surface area contributed by atoms with Gasteiger partial charge in [-0.3, -0.25) is 4.90 Å². The van der Waals surface area contributed by atoms with Gasteiger partial charge in [-0.1, -0.05) is 20.3 Å². The van der Waals surface area contributed by atoms with E-state index in [9.17, 15) is 0 Å². The van der Waals surface area contributed by atoms with Crippen molar-refractivity contribution < 1.29 is 0 Å². The number of rotatable bonds is 4. The molecule has 1 saturated heterocycles. The number of nitrogens with one attached hydrogen (secondary N) is 1. The topological polar surface area (TPSA) is 15.3 Å². The Balaban J connectivity index is 2.33. The van der Waals surface area contributed by atoms with E-state index in [1.807, 2.05) is 0 Å². The molecule has 1 N–H and O–H groups in total. The van der Waals surface area contributed by atoms with E-state index in [2.05, 4.69) is 31.0 Å². The Kier molecular flexibility index (Phi) is 5.49. The lowest BCUT2D eigenvalue weighted by molar-refractivity contribution is 0.210. The molecule has 0 aliphatic carbocycles. The Bertz CT molecular complexity index is 147. The van der Waals surface area contributed by atoms with E-state index in [0.29, 0.717) is 0 Å². The molecule has 0 amide bonds. The second kappa shape index (κ2) is 6.41. The molecule has 2 nitrogen and oxygen atoms in total. The number of nitrogens with zero attached hydrogens (tertiary/aromatic N) is 1. The fraction of sp³-hybridized carbons (Fsp3) is 1.00. The summed E-state index contributed by atoms with van der Waals surface area (Å²) in [7, 11) is 0. The quantitative estimate of drug-likeness (QED) is 0.745. The standard InChI is InChI=1S/C12H26N2/c1-4-6-11(3)14-9-7-12(5-2)13-8-10-14/h11-13H,4-10H2,1-3H3. The molecule has 2 unspecified atom stereocenters. The Hall–Kier alpha value is -0.0800. The predicted octanol–water partition coefficient (Wildman–Crippen LogP) is 2.25. The summed E-state index contributed by atoms with van der Waals surface area (Å²) in [5.41, 5.74) is 0. The molecular formula is C12H26N2. The molecule has 1 aliphatic heterocycles. The Morgan fingerprint density at radius 2 is 2.14 bits per heavy atom. The fourth-order valence-electron chi connectivity index (χ4n) is 2.34. The van der Waals surface area contributed by atoms with E-state index >= 15 is 0 Å². The molecule has 0 aromatic carbocycles. The van der Waals surface area contributed by atoms with E-state index < -0.39 is 0 Å². The first-order chi connectivity index (χ1) is 6.77. The number of hydrogen-bond acceptors (Lipinski definition) is 2. The van der Waals surface area contributed by atoms with Crippen LogP contribution in [0.15, 0.2) is 0 Å². The molecule has 14 heavy (non-hydrogen) atoms. The molecule has 0 bridgehead atoms. The maximum absolute atomic E-state index is 3.62. The lowest BCUT2D eigenvalue weighted by atomic mass is 10.1. The van der Waals surface area contributed by atoms with Crippen molar-refractivity contribution in [2.45, 2.75) is 58.5 Å². The van der Waals surface area contributed by atoms with E-state index in [0.717, 1.165) is 12.1 Å². The van der Waals surface area contributed by atoms with Crippen LogP contribution in [0.5, 0.6) is 0 Å². The van der Waals surface area contributed by atoms with Gasteiger partial charge < -0.3 is 5.32 Å². The van der Waals surface area contributed by atoms with Gasteiger partial charge in [0.1, 0.15) is 0 Å². The minimum absolute atomic E-state index is 0.758. The van der Waals surface area contributed by atoms with Gasteiger partial charge in [0, 0.05) is 25.2 Å². The zero-order valence-electron chi connectivity index (χ0n) is 10.1. The van der Waals surface area contributed by atoms with Crippen LogP contribution >= 0.6 is 0 Å². The summed E-state index contributed by atoms with van der Waals surface area (Å²) in [4.78, 5) is 2.64. The molecule has 0 aromatic heterocycles. The largest absolute Gasteiger partial charge is 0.313 e. The lowest BCUT2D eigenvalue weighted by Crippen LogP contribution is -2.35. The van der Waals surface area contributed by atoms with E-state index in [1.54, 1.807) is 0 Å². The van der Waals surface area contributed by atoms with Crippen LogP contribution in [0.4, 0.5) is 0 Å². The molecule has 2 heteroatoms. The van der Waals surface area contributed by atoms with Crippen molar-refractivity contribution in [3.05, 3.63) is 0 Å². The Morgan fingerprint density at radius 1 is 1.36 bits per heavy atom. The predicted molar refractivity (Wildman–Crippen MR) is 62.6 cm³/mol. The lowest BCUT2D eigenvalue weighted by Gasteiger charge is -2.27. The SMILES string of the molecule is CCCC(C)N1CCNC(CC)CC1. The highest BCUT2D eigenvalue weighted by atomic mass is 15.2. The van der Waals surface area contributed by atoms with Crippen LogP contribution in [0.2, 0.25) is 0 Å². The molecule has 84 valence electrons. The molecule has 1 fully saturated rings. The van der Waals surface area contributed by atoms with Crippen LogP contribution in [-0.2, 0) is 0 Å². The zero-order chi connectivity index (χ0) is 10.4. The summed E-state index contributed by atoms with van der Waals surface area (Å²) < 4.78 is 0. The first-order valence-electron chi connectivity index (χ1n) is 6.25. The fourth-order valence-corrected chi connectivity index (χ4v) is 2.34. The van der Waals surface area contributed by atoms with Gasteiger partial charge in [-0.15, -0.1) is 0 Å². The summed E-state index contributed by atoms with van der Waals surface area (Å²) in [6, 6.07) is 1.53. The smallest absolute Gasteiger partial charge is 0.0110 e. The first kappa shape index (κ1) is 12.0. The molecule has 1 aliphatic rings. The molecule has 1 heterocycles. The summed E-state index contributed by atoms with van der Waals surface area (Å²) in [6.07, 6.45) is 5.25. The first-order valence-corrected chi connectivity index (χ1v) is 6.25. The highest BCUT2D eigenvalue weighted by Gasteiger charge is 2.18. The highest BCUT2D eigenvalue weighted by molar-refractivity contribution is 4.77. The summed E-state index contributed by atoms with van der Waals surface area (Å²) in [5, 5.41) is 3.62. The third-order valence-corrected chi connectivity index (χ3v) is 3.42. The molecule has 2 atom stereocenters. The average Bonchev–Trinajstić information content (AvgIpc) is 2.42. The third-order valence-electron chi connectivity index (χ3n) is 3.42. The second-order valence-electron chi connectivity index (χ2n) is 4.52. The van der Waals surface area contributed by atoms with Gasteiger partial charge in [0.2, 0.25) is 0 Å². The molecule has 1 rings (SSSR count). The number of hydrogen-bond donors (Lipinski definition) is 1. The van der Waals surface area contributed by atoms with Crippen molar-refractivity contribution in [2.75, 3.05) is 19.6 Å². The normalized spacial score (nSPS) is 27.2. The van der Waals surface area contributed by atoms with Gasteiger partial charge in [0.25, 0.3) is 0 Å². The summed E-state index contributed by atoms with van der Waals surface area (Å²) in [6.45, 7) is 10.6. The van der Waals surface area contributed by atoms with E-state index in [-0.39, 0.29) is 0 Å². The van der Waals surface area contributed by atoms with Gasteiger partial charge >= 0.3 is 0 Å². The maximum Gasteiger partial charge on any atom is 0.0110 e. The van der Waals surface area contributed by atoms with E-state index in [4.69, 9.17) is 0 Å². The van der Waals surface area contributed by atoms with Crippen molar-refractivity contribution in [3.63, 3.8) is 0 Å².